The monoisotopic (exact) mass is 539 g/mol. The molecule has 1 amide bonds. The van der Waals surface area contributed by atoms with E-state index in [9.17, 15) is 28.0 Å². The lowest BCUT2D eigenvalue weighted by Gasteiger charge is -2.15. The molecule has 1 N–H and O–H groups in total. The number of nitrogens with zero attached hydrogens (tertiary/aromatic N) is 2. The Morgan fingerprint density at radius 2 is 1.80 bits per heavy atom. The minimum atomic E-state index is -4.98. The second-order valence-corrected chi connectivity index (χ2v) is 8.68. The first-order valence-corrected chi connectivity index (χ1v) is 11.3. The van der Waals surface area contributed by atoms with Crippen molar-refractivity contribution in [2.24, 2.45) is 0 Å². The van der Waals surface area contributed by atoms with Crippen LogP contribution in [-0.4, -0.2) is 23.5 Å². The first-order valence-electron chi connectivity index (χ1n) is 9.77. The lowest BCUT2D eigenvalue weighted by Crippen LogP contribution is -2.18. The summed E-state index contributed by atoms with van der Waals surface area (Å²) in [6, 6.07) is 13.1. The number of aromatic nitrogens is 1. The summed E-state index contributed by atoms with van der Waals surface area (Å²) in [5, 5.41) is 12.3. The van der Waals surface area contributed by atoms with Crippen LogP contribution in [0, 0.1) is 11.3 Å². The van der Waals surface area contributed by atoms with Crippen molar-refractivity contribution in [1.29, 1.82) is 5.26 Å². The number of halogens is 5. The van der Waals surface area contributed by atoms with Gasteiger partial charge in [-0.2, -0.15) is 18.4 Å². The van der Waals surface area contributed by atoms with Crippen molar-refractivity contribution in [3.8, 4) is 6.07 Å². The molecular formula is C23H14Cl2F3N3O3S. The SMILES string of the molecule is CCOC(=O)c1cc(C#N)c(Sc2ccccc2NC(=O)c2cc(Cl)cc(Cl)c2)nc1C(F)(F)F. The summed E-state index contributed by atoms with van der Waals surface area (Å²) in [5.41, 5.74) is -2.20. The second kappa shape index (κ2) is 11.0. The Morgan fingerprint density at radius 3 is 2.40 bits per heavy atom. The molecule has 12 heteroatoms. The summed E-state index contributed by atoms with van der Waals surface area (Å²) >= 11 is 12.6. The molecule has 0 saturated heterocycles. The minimum Gasteiger partial charge on any atom is -0.462 e. The van der Waals surface area contributed by atoms with Crippen LogP contribution in [0.3, 0.4) is 0 Å². The van der Waals surface area contributed by atoms with Crippen LogP contribution in [0.25, 0.3) is 0 Å². The summed E-state index contributed by atoms with van der Waals surface area (Å²) in [5.74, 6) is -1.81. The number of para-hydroxylation sites is 1. The average Bonchev–Trinajstić information content (AvgIpc) is 2.79. The largest absolute Gasteiger partial charge is 0.462 e. The normalized spacial score (nSPS) is 11.0. The zero-order valence-corrected chi connectivity index (χ0v) is 20.1. The van der Waals surface area contributed by atoms with E-state index in [0.717, 1.165) is 17.8 Å². The third-order valence-corrected chi connectivity index (χ3v) is 5.86. The molecule has 0 bridgehead atoms. The Balaban J connectivity index is 2.01. The van der Waals surface area contributed by atoms with E-state index in [1.54, 1.807) is 18.2 Å². The number of esters is 1. The number of alkyl halides is 3. The Bertz CT molecular complexity index is 1320. The van der Waals surface area contributed by atoms with Gasteiger partial charge in [0.1, 0.15) is 11.1 Å². The number of pyridine rings is 1. The van der Waals surface area contributed by atoms with Crippen molar-refractivity contribution in [3.63, 3.8) is 0 Å². The third kappa shape index (κ3) is 6.45. The fourth-order valence-electron chi connectivity index (χ4n) is 2.88. The van der Waals surface area contributed by atoms with Gasteiger partial charge in [-0.05, 0) is 43.3 Å². The number of ether oxygens (including phenoxy) is 1. The average molecular weight is 540 g/mol. The van der Waals surface area contributed by atoms with Crippen LogP contribution < -0.4 is 5.32 Å². The summed E-state index contributed by atoms with van der Waals surface area (Å²) in [4.78, 5) is 28.7. The van der Waals surface area contributed by atoms with Gasteiger partial charge in [-0.25, -0.2) is 9.78 Å². The number of hydrogen-bond donors (Lipinski definition) is 1. The summed E-state index contributed by atoms with van der Waals surface area (Å²) in [7, 11) is 0. The second-order valence-electron chi connectivity index (χ2n) is 6.78. The summed E-state index contributed by atoms with van der Waals surface area (Å²) < 4.78 is 45.7. The lowest BCUT2D eigenvalue weighted by molar-refractivity contribution is -0.142. The van der Waals surface area contributed by atoms with E-state index < -0.39 is 29.3 Å². The molecule has 0 aliphatic carbocycles. The van der Waals surface area contributed by atoms with E-state index in [-0.39, 0.29) is 38.5 Å². The highest BCUT2D eigenvalue weighted by atomic mass is 35.5. The molecule has 3 aromatic rings. The molecule has 0 saturated carbocycles. The molecule has 0 fully saturated rings. The molecule has 0 radical (unpaired) electrons. The van der Waals surface area contributed by atoms with Crippen molar-refractivity contribution in [3.05, 3.63) is 81.0 Å². The molecule has 3 rings (SSSR count). The van der Waals surface area contributed by atoms with E-state index in [1.807, 2.05) is 0 Å². The number of nitriles is 1. The third-order valence-electron chi connectivity index (χ3n) is 4.34. The molecule has 2 aromatic carbocycles. The van der Waals surface area contributed by atoms with Gasteiger partial charge in [0.25, 0.3) is 5.91 Å². The zero-order chi connectivity index (χ0) is 25.8. The molecule has 0 atom stereocenters. The molecule has 0 spiro atoms. The summed E-state index contributed by atoms with van der Waals surface area (Å²) in [6.45, 7) is 1.29. The van der Waals surface area contributed by atoms with E-state index in [1.165, 1.54) is 37.3 Å². The lowest BCUT2D eigenvalue weighted by atomic mass is 10.1. The van der Waals surface area contributed by atoms with Crippen LogP contribution in [0.1, 0.15) is 38.9 Å². The minimum absolute atomic E-state index is 0.153. The topological polar surface area (TPSA) is 92.1 Å². The molecule has 0 unspecified atom stereocenters. The number of rotatable bonds is 6. The quantitative estimate of drug-likeness (QED) is 0.344. The van der Waals surface area contributed by atoms with Crippen LogP contribution in [0.2, 0.25) is 10.0 Å². The molecular weight excluding hydrogens is 526 g/mol. The van der Waals surface area contributed by atoms with Crippen LogP contribution in [0.4, 0.5) is 18.9 Å². The van der Waals surface area contributed by atoms with E-state index in [4.69, 9.17) is 23.2 Å². The molecule has 0 aliphatic rings. The van der Waals surface area contributed by atoms with Gasteiger partial charge >= 0.3 is 12.1 Å². The number of anilines is 1. The van der Waals surface area contributed by atoms with Gasteiger partial charge in [-0.3, -0.25) is 4.79 Å². The predicted molar refractivity (Wildman–Crippen MR) is 125 cm³/mol. The maximum absolute atomic E-state index is 13.7. The molecule has 1 heterocycles. The highest BCUT2D eigenvalue weighted by Gasteiger charge is 2.39. The molecule has 0 aliphatic heterocycles. The molecule has 35 heavy (non-hydrogen) atoms. The van der Waals surface area contributed by atoms with Crippen LogP contribution >= 0.6 is 35.0 Å². The highest BCUT2D eigenvalue weighted by Crippen LogP contribution is 2.38. The standard InChI is InChI=1S/C23H14Cl2F3N3O3S/c1-2-34-22(33)16-9-13(11-29)21(31-19(16)23(26,27)28)35-18-6-4-3-5-17(18)30-20(32)12-7-14(24)10-15(25)8-12/h3-10H,2H2,1H3,(H,30,32). The van der Waals surface area contributed by atoms with Gasteiger partial charge in [0, 0.05) is 20.5 Å². The van der Waals surface area contributed by atoms with Gasteiger partial charge in [-0.1, -0.05) is 47.1 Å². The number of carbonyl (C=O) groups is 2. The number of benzene rings is 2. The van der Waals surface area contributed by atoms with Gasteiger partial charge in [0.15, 0.2) is 5.69 Å². The number of amides is 1. The number of nitrogens with one attached hydrogen (secondary N) is 1. The van der Waals surface area contributed by atoms with Crippen molar-refractivity contribution < 1.29 is 27.5 Å². The van der Waals surface area contributed by atoms with E-state index in [2.05, 4.69) is 15.0 Å². The van der Waals surface area contributed by atoms with Crippen LogP contribution in [0.15, 0.2) is 58.5 Å². The Kier molecular flexibility index (Phi) is 8.27. The van der Waals surface area contributed by atoms with E-state index >= 15 is 0 Å². The Hall–Kier alpha value is -3.26. The number of hydrogen-bond acceptors (Lipinski definition) is 6. The van der Waals surface area contributed by atoms with Gasteiger partial charge < -0.3 is 10.1 Å². The van der Waals surface area contributed by atoms with Crippen LogP contribution in [0.5, 0.6) is 0 Å². The van der Waals surface area contributed by atoms with Crippen molar-refractivity contribution in [2.45, 2.75) is 23.0 Å². The van der Waals surface area contributed by atoms with Crippen molar-refractivity contribution >= 4 is 52.5 Å². The fourth-order valence-corrected chi connectivity index (χ4v) is 4.34. The zero-order valence-electron chi connectivity index (χ0n) is 17.7. The van der Waals surface area contributed by atoms with Crippen molar-refractivity contribution in [2.75, 3.05) is 11.9 Å². The van der Waals surface area contributed by atoms with Gasteiger partial charge in [-0.15, -0.1) is 0 Å². The Labute approximate surface area is 212 Å². The molecule has 180 valence electrons. The molecule has 1 aromatic heterocycles. The fraction of sp³-hybridized carbons (Fsp3) is 0.130. The molecule has 6 nitrogen and oxygen atoms in total. The highest BCUT2D eigenvalue weighted by molar-refractivity contribution is 7.99. The Morgan fingerprint density at radius 1 is 1.14 bits per heavy atom. The maximum atomic E-state index is 13.7. The predicted octanol–water partition coefficient (Wildman–Crippen LogP) is 6.86. The summed E-state index contributed by atoms with van der Waals surface area (Å²) in [6.07, 6.45) is -4.98. The smallest absolute Gasteiger partial charge is 0.434 e. The van der Waals surface area contributed by atoms with Crippen LogP contribution in [-0.2, 0) is 10.9 Å². The van der Waals surface area contributed by atoms with Gasteiger partial charge in [0.05, 0.1) is 23.4 Å². The maximum Gasteiger partial charge on any atom is 0.434 e. The first-order chi connectivity index (χ1) is 16.5. The first kappa shape index (κ1) is 26.3. The van der Waals surface area contributed by atoms with Crippen molar-refractivity contribution in [1.82, 2.24) is 4.98 Å². The van der Waals surface area contributed by atoms with Gasteiger partial charge in [0.2, 0.25) is 0 Å². The van der Waals surface area contributed by atoms with E-state index in [0.29, 0.717) is 4.90 Å². The number of carbonyl (C=O) groups excluding carboxylic acids is 2.